The summed E-state index contributed by atoms with van der Waals surface area (Å²) in [6.07, 6.45) is 2.66. The van der Waals surface area contributed by atoms with E-state index in [9.17, 15) is 5.11 Å². The van der Waals surface area contributed by atoms with Gasteiger partial charge >= 0.3 is 0 Å². The fourth-order valence-electron chi connectivity index (χ4n) is 1.38. The van der Waals surface area contributed by atoms with Crippen molar-refractivity contribution in [2.45, 2.75) is 59.1 Å². The minimum absolute atomic E-state index is 0.126. The number of hydrogen-bond donors (Lipinski definition) is 2. The van der Waals surface area contributed by atoms with Crippen molar-refractivity contribution < 1.29 is 5.11 Å². The molecule has 0 aromatic heterocycles. The molecule has 2 nitrogen and oxygen atoms in total. The van der Waals surface area contributed by atoms with Crippen molar-refractivity contribution in [2.75, 3.05) is 6.54 Å². The van der Waals surface area contributed by atoms with Crippen LogP contribution in [0.15, 0.2) is 11.6 Å². The summed E-state index contributed by atoms with van der Waals surface area (Å²) in [5.74, 6) is 0. The summed E-state index contributed by atoms with van der Waals surface area (Å²) in [4.78, 5) is 0. The summed E-state index contributed by atoms with van der Waals surface area (Å²) in [5, 5.41) is 13.3. The van der Waals surface area contributed by atoms with Crippen molar-refractivity contribution in [1.82, 2.24) is 5.32 Å². The van der Waals surface area contributed by atoms with Gasteiger partial charge in [-0.25, -0.2) is 0 Å². The van der Waals surface area contributed by atoms with Crippen LogP contribution in [0.5, 0.6) is 0 Å². The molecular weight excluding hydrogens is 174 g/mol. The van der Waals surface area contributed by atoms with Gasteiger partial charge in [-0.05, 0) is 54.5 Å². The van der Waals surface area contributed by atoms with Crippen LogP contribution in [-0.2, 0) is 0 Å². The molecule has 14 heavy (non-hydrogen) atoms. The highest BCUT2D eigenvalue weighted by atomic mass is 16.3. The Bertz CT molecular complexity index is 195. The molecular formula is C12H25NO. The molecule has 0 bridgehead atoms. The van der Waals surface area contributed by atoms with Gasteiger partial charge in [-0.3, -0.25) is 0 Å². The molecule has 2 heteroatoms. The lowest BCUT2D eigenvalue weighted by Gasteiger charge is -2.25. The molecule has 0 aliphatic rings. The quantitative estimate of drug-likeness (QED) is 0.682. The minimum Gasteiger partial charge on any atom is -0.386 e. The van der Waals surface area contributed by atoms with E-state index in [2.05, 4.69) is 26.1 Å². The first-order valence-electron chi connectivity index (χ1n) is 5.26. The molecule has 84 valence electrons. The van der Waals surface area contributed by atoms with Crippen molar-refractivity contribution in [3.8, 4) is 0 Å². The Morgan fingerprint density at radius 3 is 2.07 bits per heavy atom. The van der Waals surface area contributed by atoms with Gasteiger partial charge in [-0.15, -0.1) is 0 Å². The molecule has 0 heterocycles. The summed E-state index contributed by atoms with van der Waals surface area (Å²) in [7, 11) is 0. The van der Waals surface area contributed by atoms with Crippen LogP contribution in [0.2, 0.25) is 0 Å². The Balaban J connectivity index is 3.95. The van der Waals surface area contributed by atoms with Crippen molar-refractivity contribution >= 4 is 0 Å². The van der Waals surface area contributed by atoms with Gasteiger partial charge in [0.1, 0.15) is 0 Å². The van der Waals surface area contributed by atoms with Crippen LogP contribution >= 0.6 is 0 Å². The average Bonchev–Trinajstić information content (AvgIpc) is 1.78. The summed E-state index contributed by atoms with van der Waals surface area (Å²) in [6, 6.07) is 0. The molecule has 0 spiro atoms. The van der Waals surface area contributed by atoms with Crippen molar-refractivity contribution in [3.63, 3.8) is 0 Å². The predicted octanol–water partition coefficient (Wildman–Crippen LogP) is 2.48. The van der Waals surface area contributed by atoms with Crippen molar-refractivity contribution in [1.29, 1.82) is 0 Å². The Labute approximate surface area is 88.4 Å². The summed E-state index contributed by atoms with van der Waals surface area (Å²) in [5.41, 5.74) is 0.601. The van der Waals surface area contributed by atoms with E-state index in [1.807, 2.05) is 26.8 Å². The van der Waals surface area contributed by atoms with Gasteiger partial charge in [0.15, 0.2) is 0 Å². The van der Waals surface area contributed by atoms with E-state index in [4.69, 9.17) is 0 Å². The van der Waals surface area contributed by atoms with Gasteiger partial charge in [0.05, 0.1) is 5.60 Å². The summed E-state index contributed by atoms with van der Waals surface area (Å²) < 4.78 is 0. The van der Waals surface area contributed by atoms with E-state index >= 15 is 0 Å². The fraction of sp³-hybridized carbons (Fsp3) is 0.833. The molecule has 0 fully saturated rings. The number of allylic oxidation sites excluding steroid dienone is 1. The maximum Gasteiger partial charge on any atom is 0.0814 e. The summed E-state index contributed by atoms with van der Waals surface area (Å²) >= 11 is 0. The third-order valence-corrected chi connectivity index (χ3v) is 1.89. The van der Waals surface area contributed by atoms with E-state index in [1.54, 1.807) is 0 Å². The van der Waals surface area contributed by atoms with Crippen molar-refractivity contribution in [3.05, 3.63) is 11.6 Å². The van der Waals surface area contributed by atoms with Gasteiger partial charge < -0.3 is 10.4 Å². The third-order valence-electron chi connectivity index (χ3n) is 1.89. The lowest BCUT2D eigenvalue weighted by atomic mass is 9.99. The Kier molecular flexibility index (Phi) is 4.82. The average molecular weight is 199 g/mol. The lowest BCUT2D eigenvalue weighted by molar-refractivity contribution is 0.0987. The van der Waals surface area contributed by atoms with Crippen LogP contribution in [0, 0.1) is 0 Å². The van der Waals surface area contributed by atoms with Gasteiger partial charge in [0, 0.05) is 5.54 Å². The van der Waals surface area contributed by atoms with Crippen LogP contribution in [0.4, 0.5) is 0 Å². The van der Waals surface area contributed by atoms with Gasteiger partial charge in [0.25, 0.3) is 0 Å². The zero-order chi connectivity index (χ0) is 11.4. The molecule has 0 saturated heterocycles. The first-order chi connectivity index (χ1) is 6.12. The number of aliphatic hydroxyl groups is 1. The smallest absolute Gasteiger partial charge is 0.0814 e. The second-order valence-corrected chi connectivity index (χ2v) is 5.51. The van der Waals surface area contributed by atoms with E-state index in [1.165, 1.54) is 0 Å². The SMILES string of the molecule is CC(C)=CC(C)(O)CCNC(C)(C)C. The molecule has 2 N–H and O–H groups in total. The highest BCUT2D eigenvalue weighted by Gasteiger charge is 2.17. The standard InChI is InChI=1S/C12H25NO/c1-10(2)9-12(6,14)7-8-13-11(3,4)5/h9,13-14H,7-8H2,1-6H3. The molecule has 0 radical (unpaired) electrons. The van der Waals surface area contributed by atoms with Gasteiger partial charge in [0.2, 0.25) is 0 Å². The Morgan fingerprint density at radius 1 is 1.21 bits per heavy atom. The normalized spacial score (nSPS) is 16.2. The Hall–Kier alpha value is -0.340. The second-order valence-electron chi connectivity index (χ2n) is 5.51. The third kappa shape index (κ3) is 8.27. The maximum absolute atomic E-state index is 9.97. The number of rotatable bonds is 4. The van der Waals surface area contributed by atoms with E-state index in [-0.39, 0.29) is 5.54 Å². The van der Waals surface area contributed by atoms with Crippen LogP contribution in [-0.4, -0.2) is 22.8 Å². The zero-order valence-corrected chi connectivity index (χ0v) is 10.4. The highest BCUT2D eigenvalue weighted by Crippen LogP contribution is 2.13. The molecule has 0 aliphatic carbocycles. The van der Waals surface area contributed by atoms with E-state index in [0.29, 0.717) is 0 Å². The van der Waals surface area contributed by atoms with Crippen LogP contribution < -0.4 is 5.32 Å². The number of nitrogens with one attached hydrogen (secondary N) is 1. The Morgan fingerprint density at radius 2 is 1.71 bits per heavy atom. The predicted molar refractivity (Wildman–Crippen MR) is 62.4 cm³/mol. The summed E-state index contributed by atoms with van der Waals surface area (Å²) in [6.45, 7) is 13.1. The molecule has 0 amide bonds. The van der Waals surface area contributed by atoms with Crippen LogP contribution in [0.3, 0.4) is 0 Å². The minimum atomic E-state index is -0.683. The van der Waals surface area contributed by atoms with Crippen LogP contribution in [0.1, 0.15) is 48.0 Å². The molecule has 0 rings (SSSR count). The van der Waals surface area contributed by atoms with E-state index < -0.39 is 5.60 Å². The molecule has 0 aromatic rings. The maximum atomic E-state index is 9.97. The molecule has 0 saturated carbocycles. The number of hydrogen-bond acceptors (Lipinski definition) is 2. The second kappa shape index (κ2) is 4.94. The molecule has 1 unspecified atom stereocenters. The fourth-order valence-corrected chi connectivity index (χ4v) is 1.38. The highest BCUT2D eigenvalue weighted by molar-refractivity contribution is 5.05. The van der Waals surface area contributed by atoms with Gasteiger partial charge in [-0.1, -0.05) is 11.6 Å². The molecule has 1 atom stereocenters. The topological polar surface area (TPSA) is 32.3 Å². The molecule has 0 aliphatic heterocycles. The zero-order valence-electron chi connectivity index (χ0n) is 10.4. The lowest BCUT2D eigenvalue weighted by Crippen LogP contribution is -2.39. The van der Waals surface area contributed by atoms with E-state index in [0.717, 1.165) is 18.5 Å². The van der Waals surface area contributed by atoms with Crippen LogP contribution in [0.25, 0.3) is 0 Å². The first-order valence-corrected chi connectivity index (χ1v) is 5.26. The van der Waals surface area contributed by atoms with Gasteiger partial charge in [-0.2, -0.15) is 0 Å². The largest absolute Gasteiger partial charge is 0.386 e. The first kappa shape index (κ1) is 13.7. The van der Waals surface area contributed by atoms with Crippen molar-refractivity contribution in [2.24, 2.45) is 0 Å². The molecule has 0 aromatic carbocycles. The monoisotopic (exact) mass is 199 g/mol.